The minimum Gasteiger partial charge on any atom is -0.315 e. The van der Waals surface area contributed by atoms with E-state index in [1.54, 1.807) is 0 Å². The van der Waals surface area contributed by atoms with Gasteiger partial charge in [0.2, 0.25) is 0 Å². The van der Waals surface area contributed by atoms with E-state index in [0.717, 1.165) is 19.2 Å². The van der Waals surface area contributed by atoms with Crippen LogP contribution < -0.4 is 5.32 Å². The largest absolute Gasteiger partial charge is 0.315 e. The minimum atomic E-state index is -3.00. The zero-order valence-corrected chi connectivity index (χ0v) is 10.6. The summed E-state index contributed by atoms with van der Waals surface area (Å²) >= 11 is 0. The third-order valence-electron chi connectivity index (χ3n) is 1.94. The molecule has 90 valence electrons. The monoisotopic (exact) mass is 235 g/mol. The molecule has 0 aliphatic rings. The van der Waals surface area contributed by atoms with Crippen molar-refractivity contribution in [3.63, 3.8) is 0 Å². The van der Waals surface area contributed by atoms with Crippen molar-refractivity contribution < 1.29 is 13.2 Å². The Morgan fingerprint density at radius 1 is 1.27 bits per heavy atom. The Morgan fingerprint density at radius 3 is 2.33 bits per heavy atom. The summed E-state index contributed by atoms with van der Waals surface area (Å²) in [6, 6.07) is 0.427. The SMILES string of the molecule is CC(C)NCCCC(=O)CCS(C)(=O)=O. The van der Waals surface area contributed by atoms with Crippen LogP contribution in [0.5, 0.6) is 0 Å². The summed E-state index contributed by atoms with van der Waals surface area (Å²) in [5.74, 6) is 0.00895. The van der Waals surface area contributed by atoms with Crippen molar-refractivity contribution in [2.45, 2.75) is 39.2 Å². The lowest BCUT2D eigenvalue weighted by atomic mass is 10.2. The van der Waals surface area contributed by atoms with Gasteiger partial charge in [0.1, 0.15) is 15.6 Å². The molecule has 0 aliphatic carbocycles. The first-order valence-electron chi connectivity index (χ1n) is 5.24. The van der Waals surface area contributed by atoms with E-state index in [4.69, 9.17) is 0 Å². The molecule has 0 saturated carbocycles. The zero-order valence-electron chi connectivity index (χ0n) is 9.75. The van der Waals surface area contributed by atoms with Gasteiger partial charge in [-0.15, -0.1) is 0 Å². The number of carbonyl (C=O) groups excluding carboxylic acids is 1. The number of rotatable bonds is 8. The molecule has 0 aromatic rings. The highest BCUT2D eigenvalue weighted by Crippen LogP contribution is 1.97. The van der Waals surface area contributed by atoms with Crippen LogP contribution in [-0.2, 0) is 14.6 Å². The number of carbonyl (C=O) groups is 1. The molecule has 0 aromatic carbocycles. The Morgan fingerprint density at radius 2 is 1.87 bits per heavy atom. The van der Waals surface area contributed by atoms with Gasteiger partial charge in [0.05, 0.1) is 5.75 Å². The molecule has 0 bridgehead atoms. The van der Waals surface area contributed by atoms with E-state index in [1.807, 2.05) is 13.8 Å². The van der Waals surface area contributed by atoms with Gasteiger partial charge in [-0.05, 0) is 13.0 Å². The molecule has 0 fully saturated rings. The first-order chi connectivity index (χ1) is 6.81. The minimum absolute atomic E-state index is 0.0244. The summed E-state index contributed by atoms with van der Waals surface area (Å²) in [6.07, 6.45) is 2.55. The average Bonchev–Trinajstić information content (AvgIpc) is 2.07. The van der Waals surface area contributed by atoms with Crippen LogP contribution in [0.2, 0.25) is 0 Å². The predicted molar refractivity (Wildman–Crippen MR) is 61.7 cm³/mol. The van der Waals surface area contributed by atoms with Crippen LogP contribution >= 0.6 is 0 Å². The van der Waals surface area contributed by atoms with Crippen LogP contribution in [0.15, 0.2) is 0 Å². The first kappa shape index (κ1) is 14.6. The second-order valence-corrected chi connectivity index (χ2v) is 6.39. The third-order valence-corrected chi connectivity index (χ3v) is 2.88. The van der Waals surface area contributed by atoms with E-state index in [9.17, 15) is 13.2 Å². The maximum Gasteiger partial charge on any atom is 0.147 e. The highest BCUT2D eigenvalue weighted by atomic mass is 32.2. The van der Waals surface area contributed by atoms with E-state index >= 15 is 0 Å². The van der Waals surface area contributed by atoms with Crippen molar-refractivity contribution in [3.05, 3.63) is 0 Å². The lowest BCUT2D eigenvalue weighted by molar-refractivity contribution is -0.118. The van der Waals surface area contributed by atoms with Gasteiger partial charge in [0, 0.05) is 25.1 Å². The van der Waals surface area contributed by atoms with Gasteiger partial charge in [-0.3, -0.25) is 4.79 Å². The fourth-order valence-electron chi connectivity index (χ4n) is 1.10. The summed E-state index contributed by atoms with van der Waals surface area (Å²) in [5, 5.41) is 3.20. The maximum absolute atomic E-state index is 11.2. The van der Waals surface area contributed by atoms with Crippen molar-refractivity contribution in [3.8, 4) is 0 Å². The second kappa shape index (κ2) is 6.95. The lowest BCUT2D eigenvalue weighted by Crippen LogP contribution is -2.24. The fraction of sp³-hybridized carbons (Fsp3) is 0.900. The molecule has 15 heavy (non-hydrogen) atoms. The van der Waals surface area contributed by atoms with Crippen LogP contribution in [0, 0.1) is 0 Å². The van der Waals surface area contributed by atoms with Crippen LogP contribution in [0.25, 0.3) is 0 Å². The summed E-state index contributed by atoms with van der Waals surface area (Å²) in [7, 11) is -3.00. The molecule has 0 unspecified atom stereocenters. The van der Waals surface area contributed by atoms with Crippen molar-refractivity contribution in [1.82, 2.24) is 5.32 Å². The average molecular weight is 235 g/mol. The molecule has 5 heteroatoms. The highest BCUT2D eigenvalue weighted by molar-refractivity contribution is 7.90. The quantitative estimate of drug-likeness (QED) is 0.631. The van der Waals surface area contributed by atoms with Crippen LogP contribution in [0.3, 0.4) is 0 Å². The summed E-state index contributed by atoms with van der Waals surface area (Å²) < 4.78 is 21.6. The molecule has 0 rings (SSSR count). The van der Waals surface area contributed by atoms with E-state index in [0.29, 0.717) is 12.5 Å². The van der Waals surface area contributed by atoms with Gasteiger partial charge in [-0.25, -0.2) is 8.42 Å². The second-order valence-electron chi connectivity index (χ2n) is 4.13. The molecule has 0 saturated heterocycles. The first-order valence-corrected chi connectivity index (χ1v) is 7.30. The molecule has 0 aliphatic heterocycles. The topological polar surface area (TPSA) is 63.2 Å². The Labute approximate surface area is 92.4 Å². The van der Waals surface area contributed by atoms with Gasteiger partial charge >= 0.3 is 0 Å². The molecule has 0 spiro atoms. The van der Waals surface area contributed by atoms with Gasteiger partial charge in [0.25, 0.3) is 0 Å². The molecule has 0 heterocycles. The molecule has 4 nitrogen and oxygen atoms in total. The van der Waals surface area contributed by atoms with Crippen molar-refractivity contribution in [2.75, 3.05) is 18.6 Å². The Hall–Kier alpha value is -0.420. The van der Waals surface area contributed by atoms with Crippen molar-refractivity contribution in [1.29, 1.82) is 0 Å². The van der Waals surface area contributed by atoms with E-state index < -0.39 is 9.84 Å². The standard InChI is InChI=1S/C10H21NO3S/c1-9(2)11-7-4-5-10(12)6-8-15(3,13)14/h9,11H,4-8H2,1-3H3. The number of Topliss-reactive ketones (excluding diaryl/α,β-unsaturated/α-hetero) is 1. The predicted octanol–water partition coefficient (Wildman–Crippen LogP) is 0.768. The highest BCUT2D eigenvalue weighted by Gasteiger charge is 2.07. The Balaban J connectivity index is 3.50. The molecule has 0 radical (unpaired) electrons. The van der Waals surface area contributed by atoms with Gasteiger partial charge in [-0.1, -0.05) is 13.8 Å². The summed E-state index contributed by atoms with van der Waals surface area (Å²) in [4.78, 5) is 11.2. The number of hydrogen-bond acceptors (Lipinski definition) is 4. The molecule has 0 atom stereocenters. The van der Waals surface area contributed by atoms with Gasteiger partial charge < -0.3 is 5.32 Å². The smallest absolute Gasteiger partial charge is 0.147 e. The third kappa shape index (κ3) is 11.5. The molecular formula is C10H21NO3S. The number of hydrogen-bond donors (Lipinski definition) is 1. The Kier molecular flexibility index (Phi) is 6.76. The van der Waals surface area contributed by atoms with E-state index in [1.165, 1.54) is 0 Å². The number of nitrogens with one attached hydrogen (secondary N) is 1. The maximum atomic E-state index is 11.2. The van der Waals surface area contributed by atoms with Crippen LogP contribution in [-0.4, -0.2) is 38.8 Å². The van der Waals surface area contributed by atoms with Crippen molar-refractivity contribution in [2.24, 2.45) is 0 Å². The van der Waals surface area contributed by atoms with Crippen LogP contribution in [0.4, 0.5) is 0 Å². The normalized spacial score (nSPS) is 12.0. The molecular weight excluding hydrogens is 214 g/mol. The number of sulfone groups is 1. The zero-order chi connectivity index (χ0) is 11.9. The summed E-state index contributed by atoms with van der Waals surface area (Å²) in [6.45, 7) is 4.90. The molecule has 0 aromatic heterocycles. The van der Waals surface area contributed by atoms with Gasteiger partial charge in [-0.2, -0.15) is 0 Å². The lowest BCUT2D eigenvalue weighted by Gasteiger charge is -2.06. The van der Waals surface area contributed by atoms with E-state index in [-0.39, 0.29) is 18.0 Å². The van der Waals surface area contributed by atoms with E-state index in [2.05, 4.69) is 5.32 Å². The van der Waals surface area contributed by atoms with Crippen molar-refractivity contribution >= 4 is 15.6 Å². The number of ketones is 1. The van der Waals surface area contributed by atoms with Gasteiger partial charge in [0.15, 0.2) is 0 Å². The summed E-state index contributed by atoms with van der Waals surface area (Å²) in [5.41, 5.74) is 0. The fourth-order valence-corrected chi connectivity index (χ4v) is 1.70. The Bertz CT molecular complexity index is 283. The molecule has 0 amide bonds. The molecule has 1 N–H and O–H groups in total. The van der Waals surface area contributed by atoms with Crippen LogP contribution in [0.1, 0.15) is 33.1 Å².